The second-order valence-electron chi connectivity index (χ2n) is 6.48. The maximum atomic E-state index is 6.21. The van der Waals surface area contributed by atoms with Crippen LogP contribution in [0.3, 0.4) is 0 Å². The first kappa shape index (κ1) is 18.2. The molecular weight excluding hydrogens is 282 g/mol. The van der Waals surface area contributed by atoms with Gasteiger partial charge in [-0.2, -0.15) is 0 Å². The van der Waals surface area contributed by atoms with Crippen molar-refractivity contribution in [2.24, 2.45) is 11.8 Å². The number of anilines is 1. The monoisotopic (exact) mass is 311 g/mol. The summed E-state index contributed by atoms with van der Waals surface area (Å²) in [7, 11) is 1.92. The van der Waals surface area contributed by atoms with E-state index in [4.69, 9.17) is 16.6 Å². The van der Waals surface area contributed by atoms with Gasteiger partial charge in [-0.1, -0.05) is 39.3 Å². The van der Waals surface area contributed by atoms with Crippen molar-refractivity contribution in [3.8, 4) is 0 Å². The molecule has 0 fully saturated rings. The summed E-state index contributed by atoms with van der Waals surface area (Å²) in [5, 5.41) is 3.86. The van der Waals surface area contributed by atoms with Crippen LogP contribution in [0.4, 0.5) is 5.82 Å². The molecule has 0 radical (unpaired) electrons. The first-order chi connectivity index (χ1) is 9.93. The van der Waals surface area contributed by atoms with E-state index in [0.717, 1.165) is 29.6 Å². The Hall–Kier alpha value is -0.800. The van der Waals surface area contributed by atoms with Crippen molar-refractivity contribution in [2.45, 2.75) is 47.1 Å². The molecule has 0 saturated carbocycles. The highest BCUT2D eigenvalue weighted by Gasteiger charge is 2.12. The third-order valence-electron chi connectivity index (χ3n) is 3.52. The van der Waals surface area contributed by atoms with Crippen molar-refractivity contribution in [3.63, 3.8) is 0 Å². The van der Waals surface area contributed by atoms with Crippen molar-refractivity contribution in [3.05, 3.63) is 22.8 Å². The summed E-state index contributed by atoms with van der Waals surface area (Å²) in [6, 6.07) is 4.01. The van der Waals surface area contributed by atoms with Crippen molar-refractivity contribution in [2.75, 3.05) is 25.0 Å². The largest absolute Gasteiger partial charge is 0.357 e. The zero-order chi connectivity index (χ0) is 15.8. The van der Waals surface area contributed by atoms with Gasteiger partial charge in [-0.3, -0.25) is 0 Å². The lowest BCUT2D eigenvalue weighted by molar-refractivity contribution is 0.532. The molecule has 0 aromatic carbocycles. The van der Waals surface area contributed by atoms with Crippen LogP contribution in [0.5, 0.6) is 0 Å². The van der Waals surface area contributed by atoms with Crippen LogP contribution in [0.2, 0.25) is 5.02 Å². The van der Waals surface area contributed by atoms with Crippen LogP contribution in [-0.2, 0) is 6.54 Å². The third-order valence-corrected chi connectivity index (χ3v) is 3.87. The fourth-order valence-corrected chi connectivity index (χ4v) is 2.28. The highest BCUT2D eigenvalue weighted by Crippen LogP contribution is 2.21. The lowest BCUT2D eigenvalue weighted by Crippen LogP contribution is -2.28. The Morgan fingerprint density at radius 2 is 1.67 bits per heavy atom. The van der Waals surface area contributed by atoms with Crippen LogP contribution in [0, 0.1) is 11.8 Å². The minimum Gasteiger partial charge on any atom is -0.357 e. The van der Waals surface area contributed by atoms with Gasteiger partial charge in [-0.15, -0.1) is 0 Å². The standard InChI is InChI=1S/C17H30ClN3/c1-13(2)8-10-21(11-9-14(3)4)17-7-6-15(18)16(20-17)12-19-5/h6-7,13-14,19H,8-12H2,1-5H3. The maximum Gasteiger partial charge on any atom is 0.128 e. The van der Waals surface area contributed by atoms with E-state index in [1.165, 1.54) is 12.8 Å². The average molecular weight is 312 g/mol. The van der Waals surface area contributed by atoms with Crippen LogP contribution in [0.25, 0.3) is 0 Å². The molecule has 0 atom stereocenters. The van der Waals surface area contributed by atoms with Gasteiger partial charge in [-0.05, 0) is 43.9 Å². The third kappa shape index (κ3) is 6.66. The van der Waals surface area contributed by atoms with Crippen molar-refractivity contribution in [1.82, 2.24) is 10.3 Å². The lowest BCUT2D eigenvalue weighted by atomic mass is 10.1. The molecule has 0 aliphatic rings. The minimum absolute atomic E-state index is 0.703. The first-order valence-corrected chi connectivity index (χ1v) is 8.36. The lowest BCUT2D eigenvalue weighted by Gasteiger charge is -2.26. The normalized spacial score (nSPS) is 11.4. The summed E-state index contributed by atoms with van der Waals surface area (Å²) in [6.45, 7) is 11.9. The zero-order valence-corrected chi connectivity index (χ0v) is 14.9. The molecule has 3 nitrogen and oxygen atoms in total. The molecule has 0 aliphatic carbocycles. The highest BCUT2D eigenvalue weighted by molar-refractivity contribution is 6.31. The summed E-state index contributed by atoms with van der Waals surface area (Å²) in [6.07, 6.45) is 2.37. The SMILES string of the molecule is CNCc1nc(N(CCC(C)C)CCC(C)C)ccc1Cl. The smallest absolute Gasteiger partial charge is 0.128 e. The van der Waals surface area contributed by atoms with Crippen molar-refractivity contribution in [1.29, 1.82) is 0 Å². The van der Waals surface area contributed by atoms with Crippen LogP contribution >= 0.6 is 11.6 Å². The van der Waals surface area contributed by atoms with Gasteiger partial charge in [0.1, 0.15) is 5.82 Å². The molecule has 0 amide bonds. The molecule has 0 spiro atoms. The van der Waals surface area contributed by atoms with Crippen LogP contribution in [0.1, 0.15) is 46.2 Å². The maximum absolute atomic E-state index is 6.21. The minimum atomic E-state index is 0.703. The van der Waals surface area contributed by atoms with E-state index < -0.39 is 0 Å². The van der Waals surface area contributed by atoms with Gasteiger partial charge >= 0.3 is 0 Å². The van der Waals surface area contributed by atoms with Crippen molar-refractivity contribution >= 4 is 17.4 Å². The number of hydrogen-bond donors (Lipinski definition) is 1. The molecule has 0 bridgehead atoms. The predicted octanol–water partition coefficient (Wildman–Crippen LogP) is 4.35. The number of aromatic nitrogens is 1. The topological polar surface area (TPSA) is 28.2 Å². The summed E-state index contributed by atoms with van der Waals surface area (Å²) in [5.41, 5.74) is 0.927. The van der Waals surface area contributed by atoms with Gasteiger partial charge in [0.2, 0.25) is 0 Å². The first-order valence-electron chi connectivity index (χ1n) is 7.99. The Morgan fingerprint density at radius 1 is 1.10 bits per heavy atom. The van der Waals surface area contributed by atoms with E-state index in [0.29, 0.717) is 18.4 Å². The molecule has 4 heteroatoms. The molecule has 1 aromatic heterocycles. The second-order valence-corrected chi connectivity index (χ2v) is 6.89. The summed E-state index contributed by atoms with van der Waals surface area (Å²) in [5.74, 6) is 2.46. The van der Waals surface area contributed by atoms with Gasteiger partial charge in [0.25, 0.3) is 0 Å². The number of nitrogens with zero attached hydrogens (tertiary/aromatic N) is 2. The van der Waals surface area contributed by atoms with Gasteiger partial charge in [0, 0.05) is 19.6 Å². The number of hydrogen-bond acceptors (Lipinski definition) is 3. The van der Waals surface area contributed by atoms with E-state index in [2.05, 4.69) is 37.9 Å². The van der Waals surface area contributed by atoms with Gasteiger partial charge in [-0.25, -0.2) is 4.98 Å². The highest BCUT2D eigenvalue weighted by atomic mass is 35.5. The fourth-order valence-electron chi connectivity index (χ4n) is 2.11. The summed E-state index contributed by atoms with van der Waals surface area (Å²) < 4.78 is 0. The summed E-state index contributed by atoms with van der Waals surface area (Å²) >= 11 is 6.21. The molecule has 1 heterocycles. The Labute approximate surface area is 135 Å². The van der Waals surface area contributed by atoms with E-state index in [1.807, 2.05) is 19.2 Å². The Bertz CT molecular complexity index is 406. The quantitative estimate of drug-likeness (QED) is 0.734. The average Bonchev–Trinajstić information content (AvgIpc) is 2.41. The molecule has 0 aliphatic heterocycles. The molecule has 1 N–H and O–H groups in total. The van der Waals surface area contributed by atoms with Crippen LogP contribution in [-0.4, -0.2) is 25.1 Å². The number of nitrogens with one attached hydrogen (secondary N) is 1. The second kappa shape index (κ2) is 9.26. The molecule has 0 unspecified atom stereocenters. The van der Waals surface area contributed by atoms with Crippen LogP contribution < -0.4 is 10.2 Å². The fraction of sp³-hybridized carbons (Fsp3) is 0.706. The van der Waals surface area contributed by atoms with Gasteiger partial charge < -0.3 is 10.2 Å². The number of rotatable bonds is 9. The molecule has 1 rings (SSSR count). The molecule has 0 saturated heterocycles. The van der Waals surface area contributed by atoms with Gasteiger partial charge in [0.05, 0.1) is 10.7 Å². The Morgan fingerprint density at radius 3 is 2.14 bits per heavy atom. The zero-order valence-electron chi connectivity index (χ0n) is 14.1. The van der Waals surface area contributed by atoms with E-state index in [-0.39, 0.29) is 0 Å². The van der Waals surface area contributed by atoms with E-state index >= 15 is 0 Å². The molecule has 120 valence electrons. The number of pyridine rings is 1. The summed E-state index contributed by atoms with van der Waals surface area (Å²) in [4.78, 5) is 7.15. The Balaban J connectivity index is 2.86. The molecular formula is C17H30ClN3. The molecule has 1 aromatic rings. The number of halogens is 1. The van der Waals surface area contributed by atoms with Crippen molar-refractivity contribution < 1.29 is 0 Å². The molecule has 21 heavy (non-hydrogen) atoms. The van der Waals surface area contributed by atoms with E-state index in [9.17, 15) is 0 Å². The Kier molecular flexibility index (Phi) is 8.05. The van der Waals surface area contributed by atoms with Gasteiger partial charge in [0.15, 0.2) is 0 Å². The predicted molar refractivity (Wildman–Crippen MR) is 93.1 cm³/mol. The van der Waals surface area contributed by atoms with Crippen LogP contribution in [0.15, 0.2) is 12.1 Å². The van der Waals surface area contributed by atoms with E-state index in [1.54, 1.807) is 0 Å².